The Kier molecular flexibility index (Phi) is 2.86. The monoisotopic (exact) mass is 334 g/mol. The molecule has 0 bridgehead atoms. The second-order valence-electron chi connectivity index (χ2n) is 5.54. The Morgan fingerprint density at radius 3 is 3.15 bits per heavy atom. The summed E-state index contributed by atoms with van der Waals surface area (Å²) in [5, 5.41) is 4.33. The van der Waals surface area contributed by atoms with Crippen LogP contribution in [0.15, 0.2) is 33.2 Å². The Hall–Kier alpha value is -1.33. The molecule has 4 nitrogen and oxygen atoms in total. The van der Waals surface area contributed by atoms with Gasteiger partial charge in [-0.25, -0.2) is 0 Å². The minimum atomic E-state index is 0.0179. The first-order chi connectivity index (χ1) is 9.74. The van der Waals surface area contributed by atoms with Crippen molar-refractivity contribution in [2.24, 2.45) is 5.92 Å². The summed E-state index contributed by atoms with van der Waals surface area (Å²) in [5.74, 6) is 1.07. The lowest BCUT2D eigenvalue weighted by Crippen LogP contribution is -2.38. The van der Waals surface area contributed by atoms with Crippen LogP contribution in [0.1, 0.15) is 17.0 Å². The molecule has 20 heavy (non-hydrogen) atoms. The molecule has 2 aliphatic heterocycles. The second kappa shape index (κ2) is 4.60. The van der Waals surface area contributed by atoms with Crippen LogP contribution in [-0.4, -0.2) is 36.5 Å². The van der Waals surface area contributed by atoms with E-state index in [0.717, 1.165) is 41.5 Å². The highest BCUT2D eigenvalue weighted by Crippen LogP contribution is 2.31. The Bertz CT molecular complexity index is 682. The summed E-state index contributed by atoms with van der Waals surface area (Å²) in [7, 11) is 0. The molecule has 1 aromatic carbocycles. The van der Waals surface area contributed by atoms with Crippen molar-refractivity contribution in [2.45, 2.75) is 12.5 Å². The first kappa shape index (κ1) is 12.4. The molecule has 1 amide bonds. The van der Waals surface area contributed by atoms with Gasteiger partial charge in [0.15, 0.2) is 5.76 Å². The molecule has 2 saturated heterocycles. The molecular formula is C15H15BrN2O2. The highest BCUT2D eigenvalue weighted by molar-refractivity contribution is 9.10. The lowest BCUT2D eigenvalue weighted by atomic mass is 10.1. The number of para-hydroxylation sites is 1. The van der Waals surface area contributed by atoms with Gasteiger partial charge >= 0.3 is 0 Å². The van der Waals surface area contributed by atoms with Crippen molar-refractivity contribution in [3.8, 4) is 0 Å². The third-order valence-electron chi connectivity index (χ3n) is 4.41. The van der Waals surface area contributed by atoms with Crippen LogP contribution in [0.5, 0.6) is 0 Å². The van der Waals surface area contributed by atoms with Gasteiger partial charge in [0.25, 0.3) is 5.91 Å². The Labute approximate surface area is 125 Å². The molecule has 4 rings (SSSR count). The molecular weight excluding hydrogens is 320 g/mol. The number of benzene rings is 1. The highest BCUT2D eigenvalue weighted by Gasteiger charge is 2.40. The molecule has 2 fully saturated rings. The van der Waals surface area contributed by atoms with Crippen molar-refractivity contribution in [1.82, 2.24) is 10.2 Å². The number of amides is 1. The number of hydrogen-bond acceptors (Lipinski definition) is 3. The second-order valence-corrected chi connectivity index (χ2v) is 6.40. The van der Waals surface area contributed by atoms with Crippen LogP contribution in [0.4, 0.5) is 0 Å². The van der Waals surface area contributed by atoms with E-state index < -0.39 is 0 Å². The number of carbonyl (C=O) groups is 1. The first-order valence-corrected chi connectivity index (χ1v) is 7.73. The van der Waals surface area contributed by atoms with Gasteiger partial charge in [-0.15, -0.1) is 0 Å². The van der Waals surface area contributed by atoms with Gasteiger partial charge in [0, 0.05) is 31.1 Å². The van der Waals surface area contributed by atoms with Gasteiger partial charge in [-0.05, 0) is 40.4 Å². The zero-order valence-electron chi connectivity index (χ0n) is 10.9. The van der Waals surface area contributed by atoms with E-state index in [2.05, 4.69) is 21.2 Å². The molecule has 1 N–H and O–H groups in total. The Balaban J connectivity index is 1.68. The van der Waals surface area contributed by atoms with E-state index in [-0.39, 0.29) is 5.91 Å². The summed E-state index contributed by atoms with van der Waals surface area (Å²) < 4.78 is 6.65. The van der Waals surface area contributed by atoms with Crippen LogP contribution >= 0.6 is 15.9 Å². The molecule has 0 aliphatic carbocycles. The maximum atomic E-state index is 12.7. The average Bonchev–Trinajstić information content (AvgIpc) is 3.12. The third-order valence-corrected chi connectivity index (χ3v) is 5.04. The number of likely N-dealkylation sites (tertiary alicyclic amines) is 1. The number of hydrogen-bond donors (Lipinski definition) is 1. The molecule has 3 heterocycles. The fourth-order valence-corrected chi connectivity index (χ4v) is 3.84. The first-order valence-electron chi connectivity index (χ1n) is 6.94. The van der Waals surface area contributed by atoms with Crippen LogP contribution in [0.25, 0.3) is 11.0 Å². The van der Waals surface area contributed by atoms with Crippen molar-refractivity contribution < 1.29 is 9.21 Å². The van der Waals surface area contributed by atoms with Gasteiger partial charge in [0.2, 0.25) is 0 Å². The number of carbonyl (C=O) groups excluding carboxylic acids is 1. The van der Waals surface area contributed by atoms with Gasteiger partial charge in [0.1, 0.15) is 5.58 Å². The van der Waals surface area contributed by atoms with Crippen LogP contribution < -0.4 is 5.32 Å². The van der Waals surface area contributed by atoms with Gasteiger partial charge in [0.05, 0.1) is 4.47 Å². The Morgan fingerprint density at radius 2 is 2.30 bits per heavy atom. The topological polar surface area (TPSA) is 45.5 Å². The van der Waals surface area contributed by atoms with E-state index >= 15 is 0 Å². The normalized spacial score (nSPS) is 25.4. The van der Waals surface area contributed by atoms with E-state index in [4.69, 9.17) is 4.42 Å². The van der Waals surface area contributed by atoms with E-state index in [1.54, 1.807) is 0 Å². The van der Waals surface area contributed by atoms with Gasteiger partial charge in [-0.2, -0.15) is 0 Å². The lowest BCUT2D eigenvalue weighted by molar-refractivity contribution is 0.0707. The minimum absolute atomic E-state index is 0.0179. The summed E-state index contributed by atoms with van der Waals surface area (Å²) in [6.45, 7) is 2.77. The van der Waals surface area contributed by atoms with Crippen LogP contribution in [0.2, 0.25) is 0 Å². The maximum Gasteiger partial charge on any atom is 0.289 e. The summed E-state index contributed by atoms with van der Waals surface area (Å²) in [6.07, 6.45) is 1.09. The maximum absolute atomic E-state index is 12.7. The predicted octanol–water partition coefficient (Wildman–Crippen LogP) is 2.63. The number of rotatable bonds is 1. The van der Waals surface area contributed by atoms with Gasteiger partial charge in [-0.3, -0.25) is 4.79 Å². The Morgan fingerprint density at radius 1 is 1.40 bits per heavy atom. The standard InChI is InChI=1S/C15H15BrN2O2/c16-11-3-1-2-9-6-13(20-14(9)11)15(19)18-5-4-10-7-17-8-12(10)18/h1-3,6,10,12,17H,4-5,7-8H2/t10-,12+/m0/s1. The highest BCUT2D eigenvalue weighted by atomic mass is 79.9. The van der Waals surface area contributed by atoms with Gasteiger partial charge < -0.3 is 14.6 Å². The molecule has 2 aromatic rings. The molecule has 2 aliphatic rings. The van der Waals surface area contributed by atoms with E-state index in [1.807, 2.05) is 29.2 Å². The molecule has 0 spiro atoms. The molecule has 0 unspecified atom stereocenters. The van der Waals surface area contributed by atoms with Crippen molar-refractivity contribution in [2.75, 3.05) is 19.6 Å². The fourth-order valence-electron chi connectivity index (χ4n) is 3.38. The van der Waals surface area contributed by atoms with Gasteiger partial charge in [-0.1, -0.05) is 12.1 Å². The van der Waals surface area contributed by atoms with E-state index in [1.165, 1.54) is 0 Å². The van der Waals surface area contributed by atoms with Crippen molar-refractivity contribution in [1.29, 1.82) is 0 Å². The zero-order valence-corrected chi connectivity index (χ0v) is 12.5. The van der Waals surface area contributed by atoms with E-state index in [9.17, 15) is 4.79 Å². The SMILES string of the molecule is O=C(c1cc2cccc(Br)c2o1)N1CC[C@H]2CNC[C@H]21. The lowest BCUT2D eigenvalue weighted by Gasteiger charge is -2.22. The van der Waals surface area contributed by atoms with Crippen molar-refractivity contribution in [3.63, 3.8) is 0 Å². The molecule has 1 aromatic heterocycles. The quantitative estimate of drug-likeness (QED) is 0.871. The summed E-state index contributed by atoms with van der Waals surface area (Å²) in [5.41, 5.74) is 0.746. The number of furan rings is 1. The molecule has 0 radical (unpaired) electrons. The average molecular weight is 335 g/mol. The van der Waals surface area contributed by atoms with Crippen LogP contribution in [-0.2, 0) is 0 Å². The molecule has 0 saturated carbocycles. The fraction of sp³-hybridized carbons (Fsp3) is 0.400. The number of fused-ring (bicyclic) bond motifs is 2. The number of halogens is 1. The predicted molar refractivity (Wildman–Crippen MR) is 79.7 cm³/mol. The molecule has 104 valence electrons. The smallest absolute Gasteiger partial charge is 0.289 e. The van der Waals surface area contributed by atoms with Crippen LogP contribution in [0.3, 0.4) is 0 Å². The zero-order chi connectivity index (χ0) is 13.7. The molecule has 5 heteroatoms. The minimum Gasteiger partial charge on any atom is -0.450 e. The van der Waals surface area contributed by atoms with Crippen LogP contribution in [0, 0.1) is 5.92 Å². The largest absolute Gasteiger partial charge is 0.450 e. The summed E-state index contributed by atoms with van der Waals surface area (Å²) in [6, 6.07) is 8.01. The molecule has 2 atom stereocenters. The van der Waals surface area contributed by atoms with Crippen molar-refractivity contribution >= 4 is 32.8 Å². The van der Waals surface area contributed by atoms with Crippen molar-refractivity contribution in [3.05, 3.63) is 34.5 Å². The van der Waals surface area contributed by atoms with E-state index in [0.29, 0.717) is 17.7 Å². The number of nitrogens with zero attached hydrogens (tertiary/aromatic N) is 1. The summed E-state index contributed by atoms with van der Waals surface area (Å²) >= 11 is 3.46. The summed E-state index contributed by atoms with van der Waals surface area (Å²) in [4.78, 5) is 14.6. The number of nitrogens with one attached hydrogen (secondary N) is 1. The third kappa shape index (κ3) is 1.80.